The second kappa shape index (κ2) is 9.76. The molecule has 10 heteroatoms. The molecule has 0 aliphatic rings. The molecule has 0 spiro atoms. The summed E-state index contributed by atoms with van der Waals surface area (Å²) in [5.41, 5.74) is 0.939. The van der Waals surface area contributed by atoms with Gasteiger partial charge in [0.2, 0.25) is 15.9 Å². The van der Waals surface area contributed by atoms with Crippen LogP contribution in [0.1, 0.15) is 12.5 Å². The van der Waals surface area contributed by atoms with Crippen molar-refractivity contribution in [1.82, 2.24) is 4.90 Å². The number of sulfonamides is 1. The maximum atomic E-state index is 13.1. The Morgan fingerprint density at radius 2 is 1.70 bits per heavy atom. The third-order valence-electron chi connectivity index (χ3n) is 4.46. The first kappa shape index (κ1) is 24.1. The molecule has 0 fully saturated rings. The Kier molecular flexibility index (Phi) is 7.85. The van der Waals surface area contributed by atoms with Crippen LogP contribution in [0.25, 0.3) is 0 Å². The number of nitrogens with zero attached hydrogens (tertiary/aromatic N) is 2. The van der Waals surface area contributed by atoms with Crippen molar-refractivity contribution in [2.75, 3.05) is 31.8 Å². The van der Waals surface area contributed by atoms with Gasteiger partial charge in [0.05, 0.1) is 31.2 Å². The molecule has 1 amide bonds. The highest BCUT2D eigenvalue weighted by molar-refractivity contribution is 7.92. The molecule has 7 nitrogen and oxygen atoms in total. The van der Waals surface area contributed by atoms with Gasteiger partial charge in [0.15, 0.2) is 11.5 Å². The minimum absolute atomic E-state index is 0.145. The molecule has 164 valence electrons. The summed E-state index contributed by atoms with van der Waals surface area (Å²) in [7, 11) is 0.834. The van der Waals surface area contributed by atoms with Gasteiger partial charge < -0.3 is 14.4 Å². The average Bonchev–Trinajstić information content (AvgIpc) is 2.68. The molecule has 0 bridgehead atoms. The molecule has 0 aliphatic heterocycles. The van der Waals surface area contributed by atoms with Gasteiger partial charge in [-0.25, -0.2) is 8.42 Å². The molecule has 0 aromatic heterocycles. The van der Waals surface area contributed by atoms with Crippen LogP contribution in [-0.4, -0.2) is 52.8 Å². The van der Waals surface area contributed by atoms with E-state index in [4.69, 9.17) is 32.7 Å². The summed E-state index contributed by atoms with van der Waals surface area (Å²) in [6.07, 6.45) is 1.02. The fraction of sp³-hybridized carbons (Fsp3) is 0.350. The molecule has 2 aromatic rings. The van der Waals surface area contributed by atoms with Crippen LogP contribution >= 0.6 is 23.2 Å². The van der Waals surface area contributed by atoms with Gasteiger partial charge in [-0.3, -0.25) is 9.10 Å². The van der Waals surface area contributed by atoms with Crippen molar-refractivity contribution in [2.24, 2.45) is 0 Å². The molecular weight excluding hydrogens is 451 g/mol. The Morgan fingerprint density at radius 1 is 1.07 bits per heavy atom. The molecule has 1 atom stereocenters. The molecule has 0 radical (unpaired) electrons. The van der Waals surface area contributed by atoms with E-state index >= 15 is 0 Å². The largest absolute Gasteiger partial charge is 0.493 e. The van der Waals surface area contributed by atoms with Gasteiger partial charge in [-0.2, -0.15) is 0 Å². The number of methoxy groups -OCH3 is 2. The summed E-state index contributed by atoms with van der Waals surface area (Å²) in [6.45, 7) is 1.75. The number of anilines is 1. The molecule has 0 saturated carbocycles. The number of ether oxygens (including phenoxy) is 2. The summed E-state index contributed by atoms with van der Waals surface area (Å²) in [5, 5.41) is 0.480. The van der Waals surface area contributed by atoms with Crippen LogP contribution in [0.5, 0.6) is 11.5 Å². The van der Waals surface area contributed by atoms with Crippen LogP contribution < -0.4 is 13.8 Å². The summed E-state index contributed by atoms with van der Waals surface area (Å²) in [5.74, 6) is 0.695. The molecule has 2 aromatic carbocycles. The van der Waals surface area contributed by atoms with Crippen molar-refractivity contribution in [3.8, 4) is 11.5 Å². The van der Waals surface area contributed by atoms with Gasteiger partial charge in [0.25, 0.3) is 0 Å². The zero-order chi connectivity index (χ0) is 22.6. The van der Waals surface area contributed by atoms with Gasteiger partial charge in [-0.1, -0.05) is 29.3 Å². The van der Waals surface area contributed by atoms with E-state index in [1.165, 1.54) is 38.2 Å². The van der Waals surface area contributed by atoms with Crippen LogP contribution in [0.15, 0.2) is 36.4 Å². The summed E-state index contributed by atoms with van der Waals surface area (Å²) < 4.78 is 36.5. The first-order valence-electron chi connectivity index (χ1n) is 8.90. The van der Waals surface area contributed by atoms with Crippen molar-refractivity contribution in [3.63, 3.8) is 0 Å². The third-order valence-corrected chi connectivity index (χ3v) is 6.24. The number of carbonyl (C=O) groups is 1. The van der Waals surface area contributed by atoms with Crippen LogP contribution in [0.2, 0.25) is 10.0 Å². The first-order valence-corrected chi connectivity index (χ1v) is 11.5. The number of rotatable bonds is 8. The number of carbonyl (C=O) groups excluding carboxylic acids is 1. The quantitative estimate of drug-likeness (QED) is 0.580. The highest BCUT2D eigenvalue weighted by atomic mass is 35.5. The molecule has 0 aliphatic carbocycles. The predicted octanol–water partition coefficient (Wildman–Crippen LogP) is 3.82. The Balaban J connectivity index is 2.32. The van der Waals surface area contributed by atoms with Crippen molar-refractivity contribution in [3.05, 3.63) is 52.0 Å². The number of hydrogen-bond donors (Lipinski definition) is 0. The van der Waals surface area contributed by atoms with Crippen LogP contribution in [-0.2, 0) is 21.4 Å². The number of amides is 1. The molecule has 0 heterocycles. The van der Waals surface area contributed by atoms with Crippen LogP contribution in [0, 0.1) is 0 Å². The number of likely N-dealkylation sites (N-methyl/N-ethyl adjacent to an activating group) is 1. The Morgan fingerprint density at radius 3 is 2.27 bits per heavy atom. The number of benzene rings is 2. The highest BCUT2D eigenvalue weighted by Gasteiger charge is 2.32. The predicted molar refractivity (Wildman–Crippen MR) is 119 cm³/mol. The normalized spacial score (nSPS) is 12.2. The molecule has 0 N–H and O–H groups in total. The topological polar surface area (TPSA) is 76.2 Å². The zero-order valence-corrected chi connectivity index (χ0v) is 19.7. The van der Waals surface area contributed by atoms with E-state index in [2.05, 4.69) is 0 Å². The van der Waals surface area contributed by atoms with E-state index in [1.54, 1.807) is 31.3 Å². The first-order chi connectivity index (χ1) is 14.0. The van der Waals surface area contributed by atoms with Crippen LogP contribution in [0.3, 0.4) is 0 Å². The van der Waals surface area contributed by atoms with Gasteiger partial charge in [0, 0.05) is 18.6 Å². The second-order valence-corrected chi connectivity index (χ2v) is 9.42. The lowest BCUT2D eigenvalue weighted by molar-refractivity contribution is -0.131. The fourth-order valence-corrected chi connectivity index (χ4v) is 4.68. The van der Waals surface area contributed by atoms with Crippen molar-refractivity contribution in [2.45, 2.75) is 19.5 Å². The fourth-order valence-electron chi connectivity index (χ4n) is 3.08. The zero-order valence-electron chi connectivity index (χ0n) is 17.3. The lowest BCUT2D eigenvalue weighted by atomic mass is 10.1. The minimum atomic E-state index is -3.82. The van der Waals surface area contributed by atoms with Crippen molar-refractivity contribution >= 4 is 44.8 Å². The van der Waals surface area contributed by atoms with E-state index in [-0.39, 0.29) is 17.3 Å². The SMILES string of the molecule is COc1ccc(CN(C)C(=O)[C@@H](C)N(c2cc(Cl)ccc2Cl)S(C)(=O)=O)cc1OC. The minimum Gasteiger partial charge on any atom is -0.493 e. The number of halogens is 2. The van der Waals surface area contributed by atoms with Gasteiger partial charge in [0.1, 0.15) is 6.04 Å². The Hall–Kier alpha value is -2.16. The van der Waals surface area contributed by atoms with Gasteiger partial charge in [-0.05, 0) is 42.8 Å². The smallest absolute Gasteiger partial charge is 0.246 e. The maximum Gasteiger partial charge on any atom is 0.246 e. The van der Waals surface area contributed by atoms with E-state index in [9.17, 15) is 13.2 Å². The summed E-state index contributed by atoms with van der Waals surface area (Å²) in [4.78, 5) is 14.5. The summed E-state index contributed by atoms with van der Waals surface area (Å²) >= 11 is 12.2. The van der Waals surface area contributed by atoms with Crippen molar-refractivity contribution in [1.29, 1.82) is 0 Å². The molecular formula is C20H24Cl2N2O5S. The maximum absolute atomic E-state index is 13.1. The van der Waals surface area contributed by atoms with E-state index in [0.717, 1.165) is 16.1 Å². The third kappa shape index (κ3) is 5.50. The average molecular weight is 475 g/mol. The lowest BCUT2D eigenvalue weighted by Crippen LogP contribution is -2.48. The molecule has 30 heavy (non-hydrogen) atoms. The molecule has 0 saturated heterocycles. The lowest BCUT2D eigenvalue weighted by Gasteiger charge is -2.31. The second-order valence-electron chi connectivity index (χ2n) is 6.71. The van der Waals surface area contributed by atoms with Gasteiger partial charge >= 0.3 is 0 Å². The molecule has 2 rings (SSSR count). The monoisotopic (exact) mass is 474 g/mol. The van der Waals surface area contributed by atoms with E-state index < -0.39 is 22.0 Å². The van der Waals surface area contributed by atoms with Crippen molar-refractivity contribution < 1.29 is 22.7 Å². The highest BCUT2D eigenvalue weighted by Crippen LogP contribution is 2.33. The Bertz CT molecular complexity index is 1030. The van der Waals surface area contributed by atoms with Crippen LogP contribution in [0.4, 0.5) is 5.69 Å². The van der Waals surface area contributed by atoms with E-state index in [0.29, 0.717) is 16.5 Å². The standard InChI is InChI=1S/C20H24Cl2N2O5S/c1-13(24(30(5,26)27)17-11-15(21)7-8-16(17)22)20(25)23(2)12-14-6-9-18(28-3)19(10-14)29-4/h6-11,13H,12H2,1-5H3/t13-/m1/s1. The van der Waals surface area contributed by atoms with Gasteiger partial charge in [-0.15, -0.1) is 0 Å². The summed E-state index contributed by atoms with van der Waals surface area (Å²) in [6, 6.07) is 8.72. The Labute approximate surface area is 187 Å². The number of hydrogen-bond acceptors (Lipinski definition) is 5. The molecule has 0 unspecified atom stereocenters. The van der Waals surface area contributed by atoms with E-state index in [1.807, 2.05) is 0 Å².